The highest BCUT2D eigenvalue weighted by Crippen LogP contribution is 2.34. The first-order valence-electron chi connectivity index (χ1n) is 5.67. The van der Waals surface area contributed by atoms with Crippen LogP contribution in [0.3, 0.4) is 0 Å². The Labute approximate surface area is 89.9 Å². The summed E-state index contributed by atoms with van der Waals surface area (Å²) >= 11 is 0. The molecule has 0 amide bonds. The Morgan fingerprint density at radius 2 is 2.20 bits per heavy atom. The van der Waals surface area contributed by atoms with Crippen molar-refractivity contribution in [3.8, 4) is 0 Å². The van der Waals surface area contributed by atoms with Gasteiger partial charge in [0.15, 0.2) is 0 Å². The molecule has 1 saturated carbocycles. The van der Waals surface area contributed by atoms with Gasteiger partial charge in [0.25, 0.3) is 0 Å². The lowest BCUT2D eigenvalue weighted by atomic mass is 10.2. The van der Waals surface area contributed by atoms with Gasteiger partial charge in [0, 0.05) is 30.0 Å². The van der Waals surface area contributed by atoms with Gasteiger partial charge in [0.05, 0.1) is 5.52 Å². The zero-order valence-electron chi connectivity index (χ0n) is 9.33. The van der Waals surface area contributed by atoms with E-state index in [0.29, 0.717) is 0 Å². The van der Waals surface area contributed by atoms with E-state index in [-0.39, 0.29) is 0 Å². The van der Waals surface area contributed by atoms with Crippen molar-refractivity contribution >= 4 is 10.9 Å². The van der Waals surface area contributed by atoms with E-state index < -0.39 is 0 Å². The Balaban J connectivity index is 2.21. The molecule has 0 spiro atoms. The number of rotatable bonds is 2. The Hall–Kier alpha value is -1.31. The third-order valence-electron chi connectivity index (χ3n) is 3.58. The van der Waals surface area contributed by atoms with Crippen LogP contribution in [0.2, 0.25) is 0 Å². The SMILES string of the molecule is Cc1c(C)n(CC2CC2)c2ccncc12. The standard InChI is InChI=1S/C13H16N2/c1-9-10(2)15(8-11-3-4-11)13-5-6-14-7-12(9)13/h5-7,11H,3-4,8H2,1-2H3. The van der Waals surface area contributed by atoms with Crippen LogP contribution in [-0.2, 0) is 6.54 Å². The van der Waals surface area contributed by atoms with Crippen molar-refractivity contribution in [2.24, 2.45) is 5.92 Å². The van der Waals surface area contributed by atoms with Gasteiger partial charge in [-0.1, -0.05) is 0 Å². The summed E-state index contributed by atoms with van der Waals surface area (Å²) in [6, 6.07) is 2.14. The zero-order valence-corrected chi connectivity index (χ0v) is 9.33. The van der Waals surface area contributed by atoms with Crippen molar-refractivity contribution < 1.29 is 0 Å². The van der Waals surface area contributed by atoms with Gasteiger partial charge in [-0.25, -0.2) is 0 Å². The van der Waals surface area contributed by atoms with Crippen LogP contribution in [0.4, 0.5) is 0 Å². The number of hydrogen-bond donors (Lipinski definition) is 0. The summed E-state index contributed by atoms with van der Waals surface area (Å²) < 4.78 is 2.46. The van der Waals surface area contributed by atoms with E-state index in [1.165, 1.54) is 41.5 Å². The van der Waals surface area contributed by atoms with Gasteiger partial charge >= 0.3 is 0 Å². The number of nitrogens with zero attached hydrogens (tertiary/aromatic N) is 2. The van der Waals surface area contributed by atoms with Crippen LogP contribution in [0.1, 0.15) is 24.1 Å². The minimum Gasteiger partial charge on any atom is -0.344 e. The second kappa shape index (κ2) is 3.09. The summed E-state index contributed by atoms with van der Waals surface area (Å²) in [4.78, 5) is 4.21. The Bertz CT molecular complexity index is 506. The van der Waals surface area contributed by atoms with E-state index in [4.69, 9.17) is 0 Å². The largest absolute Gasteiger partial charge is 0.344 e. The monoisotopic (exact) mass is 200 g/mol. The van der Waals surface area contributed by atoms with Crippen LogP contribution in [0.5, 0.6) is 0 Å². The molecule has 0 atom stereocenters. The van der Waals surface area contributed by atoms with E-state index in [2.05, 4.69) is 29.5 Å². The lowest BCUT2D eigenvalue weighted by molar-refractivity contribution is 0.632. The molecule has 2 aromatic heterocycles. The van der Waals surface area contributed by atoms with E-state index in [9.17, 15) is 0 Å². The number of hydrogen-bond acceptors (Lipinski definition) is 1. The van der Waals surface area contributed by atoms with E-state index >= 15 is 0 Å². The quantitative estimate of drug-likeness (QED) is 0.728. The fraction of sp³-hybridized carbons (Fsp3) is 0.462. The van der Waals surface area contributed by atoms with Crippen molar-refractivity contribution in [3.63, 3.8) is 0 Å². The molecule has 2 aromatic rings. The highest BCUT2D eigenvalue weighted by Gasteiger charge is 2.23. The number of aromatic nitrogens is 2. The summed E-state index contributed by atoms with van der Waals surface area (Å²) in [5, 5.41) is 1.32. The first-order chi connectivity index (χ1) is 7.27. The molecule has 0 aromatic carbocycles. The summed E-state index contributed by atoms with van der Waals surface area (Å²) in [5.74, 6) is 0.923. The molecule has 3 rings (SSSR count). The second-order valence-electron chi connectivity index (χ2n) is 4.66. The molecule has 1 aliphatic carbocycles. The highest BCUT2D eigenvalue weighted by molar-refractivity contribution is 5.84. The molecule has 0 saturated heterocycles. The molecule has 2 heterocycles. The van der Waals surface area contributed by atoms with Gasteiger partial charge in [-0.3, -0.25) is 4.98 Å². The Kier molecular flexibility index (Phi) is 1.84. The maximum absolute atomic E-state index is 4.21. The summed E-state index contributed by atoms with van der Waals surface area (Å²) in [7, 11) is 0. The number of aryl methyl sites for hydroxylation is 1. The van der Waals surface area contributed by atoms with Crippen LogP contribution in [-0.4, -0.2) is 9.55 Å². The molecule has 0 bridgehead atoms. The predicted molar refractivity (Wildman–Crippen MR) is 61.9 cm³/mol. The van der Waals surface area contributed by atoms with Gasteiger partial charge in [-0.15, -0.1) is 0 Å². The lowest BCUT2D eigenvalue weighted by Gasteiger charge is -2.06. The molecular weight excluding hydrogens is 184 g/mol. The lowest BCUT2D eigenvalue weighted by Crippen LogP contribution is -2.01. The fourth-order valence-electron chi connectivity index (χ4n) is 2.28. The third-order valence-corrected chi connectivity index (χ3v) is 3.58. The molecule has 0 radical (unpaired) electrons. The number of fused-ring (bicyclic) bond motifs is 1. The van der Waals surface area contributed by atoms with E-state index in [1.807, 2.05) is 12.4 Å². The Morgan fingerprint density at radius 1 is 1.40 bits per heavy atom. The molecule has 0 aliphatic heterocycles. The maximum atomic E-state index is 4.21. The average Bonchev–Trinajstić information content (AvgIpc) is 3.04. The Morgan fingerprint density at radius 3 is 2.93 bits per heavy atom. The minimum absolute atomic E-state index is 0.923. The summed E-state index contributed by atoms with van der Waals surface area (Å²) in [6.45, 7) is 5.61. The van der Waals surface area contributed by atoms with E-state index in [1.54, 1.807) is 0 Å². The van der Waals surface area contributed by atoms with Crippen LogP contribution in [0.25, 0.3) is 10.9 Å². The topological polar surface area (TPSA) is 17.8 Å². The highest BCUT2D eigenvalue weighted by atomic mass is 15.0. The molecule has 0 N–H and O–H groups in total. The average molecular weight is 200 g/mol. The summed E-state index contributed by atoms with van der Waals surface area (Å²) in [5.41, 5.74) is 4.15. The van der Waals surface area contributed by atoms with Crippen LogP contribution in [0, 0.1) is 19.8 Å². The van der Waals surface area contributed by atoms with Crippen LogP contribution in [0.15, 0.2) is 18.5 Å². The minimum atomic E-state index is 0.923. The van der Waals surface area contributed by atoms with Gasteiger partial charge in [-0.2, -0.15) is 0 Å². The third kappa shape index (κ3) is 1.36. The van der Waals surface area contributed by atoms with Gasteiger partial charge in [0.1, 0.15) is 0 Å². The smallest absolute Gasteiger partial charge is 0.0516 e. The first kappa shape index (κ1) is 8.96. The number of pyridine rings is 1. The second-order valence-corrected chi connectivity index (χ2v) is 4.66. The predicted octanol–water partition coefficient (Wildman–Crippen LogP) is 3.06. The van der Waals surface area contributed by atoms with Crippen molar-refractivity contribution in [2.75, 3.05) is 0 Å². The molecule has 1 fully saturated rings. The van der Waals surface area contributed by atoms with Gasteiger partial charge in [0.2, 0.25) is 0 Å². The molecule has 15 heavy (non-hydrogen) atoms. The molecule has 78 valence electrons. The van der Waals surface area contributed by atoms with Crippen molar-refractivity contribution in [3.05, 3.63) is 29.7 Å². The van der Waals surface area contributed by atoms with Crippen LogP contribution < -0.4 is 0 Å². The molecule has 1 aliphatic rings. The molecule has 0 unspecified atom stereocenters. The maximum Gasteiger partial charge on any atom is 0.0516 e. The zero-order chi connectivity index (χ0) is 10.4. The first-order valence-corrected chi connectivity index (χ1v) is 5.67. The van der Waals surface area contributed by atoms with Crippen LogP contribution >= 0.6 is 0 Å². The van der Waals surface area contributed by atoms with Gasteiger partial charge in [-0.05, 0) is 44.2 Å². The molecule has 2 heteroatoms. The normalized spacial score (nSPS) is 16.1. The molecule has 2 nitrogen and oxygen atoms in total. The van der Waals surface area contributed by atoms with Gasteiger partial charge < -0.3 is 4.57 Å². The van der Waals surface area contributed by atoms with E-state index in [0.717, 1.165) is 5.92 Å². The molecular formula is C13H16N2. The van der Waals surface area contributed by atoms with Crippen molar-refractivity contribution in [1.82, 2.24) is 9.55 Å². The van der Waals surface area contributed by atoms with Crippen molar-refractivity contribution in [1.29, 1.82) is 0 Å². The van der Waals surface area contributed by atoms with Crippen molar-refractivity contribution in [2.45, 2.75) is 33.2 Å². The summed E-state index contributed by atoms with van der Waals surface area (Å²) in [6.07, 6.45) is 6.69. The fourth-order valence-corrected chi connectivity index (χ4v) is 2.28.